The second-order valence-corrected chi connectivity index (χ2v) is 3.94. The van der Waals surface area contributed by atoms with Crippen LogP contribution in [0.5, 0.6) is 0 Å². The van der Waals surface area contributed by atoms with Crippen LogP contribution < -0.4 is 16.0 Å². The molecule has 3 N–H and O–H groups in total. The van der Waals surface area contributed by atoms with E-state index in [1.54, 1.807) is 4.90 Å². The number of hydrogen-bond donors (Lipinski definition) is 2. The molecule has 1 aliphatic rings. The number of carbonyl (C=O) groups excluding carboxylic acids is 2. The number of benzene rings is 1. The van der Waals surface area contributed by atoms with Gasteiger partial charge in [0.2, 0.25) is 11.8 Å². The molecule has 0 saturated carbocycles. The van der Waals surface area contributed by atoms with Crippen LogP contribution in [0.1, 0.15) is 6.42 Å². The molecule has 17 heavy (non-hydrogen) atoms. The van der Waals surface area contributed by atoms with Crippen molar-refractivity contribution in [2.45, 2.75) is 12.5 Å². The minimum atomic E-state index is -0.439. The number of rotatable bonds is 3. The van der Waals surface area contributed by atoms with E-state index in [-0.39, 0.29) is 18.4 Å². The van der Waals surface area contributed by atoms with Gasteiger partial charge in [-0.25, -0.2) is 0 Å². The molecule has 5 heteroatoms. The van der Waals surface area contributed by atoms with Crippen LogP contribution in [0.15, 0.2) is 30.3 Å². The molecule has 1 aliphatic heterocycles. The monoisotopic (exact) mass is 233 g/mol. The first-order chi connectivity index (χ1) is 8.22. The molecule has 1 aromatic carbocycles. The predicted octanol–water partition coefficient (Wildman–Crippen LogP) is -0.133. The number of hydrogen-bond acceptors (Lipinski definition) is 3. The zero-order valence-electron chi connectivity index (χ0n) is 9.43. The van der Waals surface area contributed by atoms with E-state index in [0.717, 1.165) is 5.69 Å². The van der Waals surface area contributed by atoms with E-state index in [0.29, 0.717) is 13.0 Å². The second-order valence-electron chi connectivity index (χ2n) is 3.94. The topological polar surface area (TPSA) is 75.4 Å². The van der Waals surface area contributed by atoms with Gasteiger partial charge in [0, 0.05) is 12.2 Å². The van der Waals surface area contributed by atoms with E-state index in [1.807, 2.05) is 30.3 Å². The standard InChI is InChI=1S/C12H15N3O2/c13-8-11(16)14-10-6-7-15(12(10)17)9-4-2-1-3-5-9/h1-5,10H,6-8,13H2,(H,14,16). The van der Waals surface area contributed by atoms with Gasteiger partial charge in [-0.15, -0.1) is 0 Å². The van der Waals surface area contributed by atoms with Gasteiger partial charge in [0.05, 0.1) is 6.54 Å². The minimum absolute atomic E-state index is 0.0713. The highest BCUT2D eigenvalue weighted by molar-refractivity contribution is 6.01. The van der Waals surface area contributed by atoms with E-state index < -0.39 is 6.04 Å². The molecular formula is C12H15N3O2. The molecule has 90 valence electrons. The van der Waals surface area contributed by atoms with Crippen LogP contribution in [0.25, 0.3) is 0 Å². The van der Waals surface area contributed by atoms with E-state index in [4.69, 9.17) is 5.73 Å². The Bertz CT molecular complexity index is 419. The van der Waals surface area contributed by atoms with Crippen LogP contribution in [0.4, 0.5) is 5.69 Å². The fourth-order valence-electron chi connectivity index (χ4n) is 1.93. The van der Waals surface area contributed by atoms with Crippen LogP contribution in [0.3, 0.4) is 0 Å². The van der Waals surface area contributed by atoms with E-state index in [2.05, 4.69) is 5.32 Å². The highest BCUT2D eigenvalue weighted by atomic mass is 16.2. The Kier molecular flexibility index (Phi) is 3.39. The average Bonchev–Trinajstić information content (AvgIpc) is 2.72. The summed E-state index contributed by atoms with van der Waals surface area (Å²) in [4.78, 5) is 24.9. The van der Waals surface area contributed by atoms with Crippen molar-refractivity contribution in [2.24, 2.45) is 5.73 Å². The van der Waals surface area contributed by atoms with Crippen LogP contribution in [0, 0.1) is 0 Å². The zero-order valence-corrected chi connectivity index (χ0v) is 9.43. The first-order valence-corrected chi connectivity index (χ1v) is 5.58. The quantitative estimate of drug-likeness (QED) is 0.763. The van der Waals surface area contributed by atoms with Crippen LogP contribution >= 0.6 is 0 Å². The van der Waals surface area contributed by atoms with Crippen LogP contribution in [-0.4, -0.2) is 30.9 Å². The molecule has 2 amide bonds. The summed E-state index contributed by atoms with van der Waals surface area (Å²) >= 11 is 0. The van der Waals surface area contributed by atoms with Gasteiger partial charge in [0.25, 0.3) is 0 Å². The first-order valence-electron chi connectivity index (χ1n) is 5.58. The molecule has 1 atom stereocenters. The fourth-order valence-corrected chi connectivity index (χ4v) is 1.93. The minimum Gasteiger partial charge on any atom is -0.343 e. The summed E-state index contributed by atoms with van der Waals surface area (Å²) in [7, 11) is 0. The molecule has 5 nitrogen and oxygen atoms in total. The maximum Gasteiger partial charge on any atom is 0.249 e. The molecule has 1 fully saturated rings. The molecule has 0 bridgehead atoms. The smallest absolute Gasteiger partial charge is 0.249 e. The van der Waals surface area contributed by atoms with Gasteiger partial charge >= 0.3 is 0 Å². The molecule has 2 rings (SSSR count). The van der Waals surface area contributed by atoms with E-state index in [9.17, 15) is 9.59 Å². The number of nitrogens with two attached hydrogens (primary N) is 1. The van der Waals surface area contributed by atoms with Gasteiger partial charge in [0.15, 0.2) is 0 Å². The number of amides is 2. The third kappa shape index (κ3) is 2.45. The van der Waals surface area contributed by atoms with Crippen LogP contribution in [0.2, 0.25) is 0 Å². The first kappa shape index (κ1) is 11.6. The average molecular weight is 233 g/mol. The molecule has 0 aliphatic carbocycles. The maximum absolute atomic E-state index is 12.0. The second kappa shape index (κ2) is 4.97. The lowest BCUT2D eigenvalue weighted by molar-refractivity contribution is -0.125. The molecule has 1 unspecified atom stereocenters. The molecule has 1 aromatic rings. The maximum atomic E-state index is 12.0. The lowest BCUT2D eigenvalue weighted by Crippen LogP contribution is -2.43. The van der Waals surface area contributed by atoms with Crippen LogP contribution in [-0.2, 0) is 9.59 Å². The van der Waals surface area contributed by atoms with Gasteiger partial charge in [-0.2, -0.15) is 0 Å². The summed E-state index contributed by atoms with van der Waals surface area (Å²) in [5.74, 6) is -0.365. The normalized spacial score (nSPS) is 19.5. The molecule has 0 radical (unpaired) electrons. The van der Waals surface area contributed by atoms with Gasteiger partial charge in [-0.1, -0.05) is 18.2 Å². The fraction of sp³-hybridized carbons (Fsp3) is 0.333. The highest BCUT2D eigenvalue weighted by Gasteiger charge is 2.33. The Hall–Kier alpha value is -1.88. The lowest BCUT2D eigenvalue weighted by Gasteiger charge is -2.16. The van der Waals surface area contributed by atoms with Gasteiger partial charge in [-0.05, 0) is 18.6 Å². The molecular weight excluding hydrogens is 218 g/mol. The van der Waals surface area contributed by atoms with Crippen molar-refractivity contribution < 1.29 is 9.59 Å². The number of nitrogens with one attached hydrogen (secondary N) is 1. The van der Waals surface area contributed by atoms with Gasteiger partial charge < -0.3 is 16.0 Å². The van der Waals surface area contributed by atoms with Crippen molar-refractivity contribution in [1.29, 1.82) is 0 Å². The van der Waals surface area contributed by atoms with Crippen molar-refractivity contribution in [2.75, 3.05) is 18.0 Å². The van der Waals surface area contributed by atoms with Crippen molar-refractivity contribution in [3.63, 3.8) is 0 Å². The summed E-state index contributed by atoms with van der Waals surface area (Å²) in [6, 6.07) is 8.99. The van der Waals surface area contributed by atoms with Crippen molar-refractivity contribution in [3.05, 3.63) is 30.3 Å². The van der Waals surface area contributed by atoms with Gasteiger partial charge in [0.1, 0.15) is 6.04 Å². The number of anilines is 1. The third-order valence-corrected chi connectivity index (χ3v) is 2.79. The Labute approximate surface area is 99.6 Å². The summed E-state index contributed by atoms with van der Waals surface area (Å²) < 4.78 is 0. The Balaban J connectivity index is 2.05. The highest BCUT2D eigenvalue weighted by Crippen LogP contribution is 2.20. The number of nitrogens with zero attached hydrogens (tertiary/aromatic N) is 1. The third-order valence-electron chi connectivity index (χ3n) is 2.79. The molecule has 1 saturated heterocycles. The Morgan fingerprint density at radius 3 is 2.76 bits per heavy atom. The zero-order chi connectivity index (χ0) is 12.3. The largest absolute Gasteiger partial charge is 0.343 e. The summed E-state index contributed by atoms with van der Waals surface area (Å²) in [6.07, 6.45) is 0.624. The number of carbonyl (C=O) groups is 2. The molecule has 0 spiro atoms. The number of para-hydroxylation sites is 1. The predicted molar refractivity (Wildman–Crippen MR) is 64.4 cm³/mol. The Morgan fingerprint density at radius 1 is 1.41 bits per heavy atom. The van der Waals surface area contributed by atoms with Crippen molar-refractivity contribution >= 4 is 17.5 Å². The SMILES string of the molecule is NCC(=O)NC1CCN(c2ccccc2)C1=O. The van der Waals surface area contributed by atoms with E-state index >= 15 is 0 Å². The lowest BCUT2D eigenvalue weighted by atomic mass is 10.2. The van der Waals surface area contributed by atoms with Gasteiger partial charge in [-0.3, -0.25) is 9.59 Å². The summed E-state index contributed by atoms with van der Waals surface area (Å²) in [5.41, 5.74) is 6.07. The van der Waals surface area contributed by atoms with E-state index in [1.165, 1.54) is 0 Å². The summed E-state index contributed by atoms with van der Waals surface area (Å²) in [6.45, 7) is 0.535. The molecule has 1 heterocycles. The molecule has 0 aromatic heterocycles. The van der Waals surface area contributed by atoms with Crippen molar-refractivity contribution in [3.8, 4) is 0 Å². The Morgan fingerprint density at radius 2 is 2.12 bits per heavy atom. The van der Waals surface area contributed by atoms with Crippen molar-refractivity contribution in [1.82, 2.24) is 5.32 Å². The summed E-state index contributed by atoms with van der Waals surface area (Å²) in [5, 5.41) is 2.62.